The van der Waals surface area contributed by atoms with Crippen LogP contribution in [0.25, 0.3) is 28.2 Å². The lowest BCUT2D eigenvalue weighted by Gasteiger charge is -2.29. The van der Waals surface area contributed by atoms with E-state index in [0.29, 0.717) is 13.2 Å². The highest BCUT2D eigenvalue weighted by Gasteiger charge is 2.27. The third-order valence-electron chi connectivity index (χ3n) is 6.62. The summed E-state index contributed by atoms with van der Waals surface area (Å²) in [6.45, 7) is 10.7. The number of pyridine rings is 1. The molecule has 0 radical (unpaired) electrons. The molecule has 0 bridgehead atoms. The van der Waals surface area contributed by atoms with Crippen LogP contribution in [0.5, 0.6) is 0 Å². The van der Waals surface area contributed by atoms with E-state index in [1.807, 2.05) is 34.6 Å². The highest BCUT2D eigenvalue weighted by Crippen LogP contribution is 2.32. The van der Waals surface area contributed by atoms with Gasteiger partial charge in [0.2, 0.25) is 5.91 Å². The van der Waals surface area contributed by atoms with Crippen molar-refractivity contribution in [2.24, 2.45) is 13.0 Å². The number of nitrogens with zero attached hydrogens (tertiary/aromatic N) is 6. The number of hydrogen-bond acceptors (Lipinski definition) is 6. The molecule has 1 amide bonds. The van der Waals surface area contributed by atoms with Crippen LogP contribution in [0.4, 0.5) is 5.69 Å². The summed E-state index contributed by atoms with van der Waals surface area (Å²) in [5.41, 5.74) is 5.73. The molecule has 0 spiro atoms. The lowest BCUT2D eigenvalue weighted by Crippen LogP contribution is -2.36. The van der Waals surface area contributed by atoms with Gasteiger partial charge in [-0.15, -0.1) is 0 Å². The average Bonchev–Trinajstić information content (AvgIpc) is 3.48. The maximum Gasteiger partial charge on any atom is 0.217 e. The summed E-state index contributed by atoms with van der Waals surface area (Å²) in [6.07, 6.45) is 1.94. The number of aryl methyl sites for hydroxylation is 2. The molecule has 1 aliphatic heterocycles. The van der Waals surface area contributed by atoms with E-state index < -0.39 is 0 Å². The molecule has 5 rings (SSSR count). The molecule has 9 heteroatoms. The second-order valence-electron chi connectivity index (χ2n) is 9.74. The first-order valence-corrected chi connectivity index (χ1v) is 12.4. The highest BCUT2D eigenvalue weighted by atomic mass is 16.5. The van der Waals surface area contributed by atoms with Gasteiger partial charge in [-0.1, -0.05) is 37.6 Å². The topological polar surface area (TPSA) is 90.1 Å². The molecule has 0 saturated carbocycles. The minimum absolute atomic E-state index is 0.0805. The Kier molecular flexibility index (Phi) is 6.49. The predicted molar refractivity (Wildman–Crippen MR) is 140 cm³/mol. The van der Waals surface area contributed by atoms with E-state index in [0.717, 1.165) is 52.8 Å². The Balaban J connectivity index is 1.65. The van der Waals surface area contributed by atoms with Crippen LogP contribution in [-0.2, 0) is 16.6 Å². The summed E-state index contributed by atoms with van der Waals surface area (Å²) < 4.78 is 9.42. The first-order chi connectivity index (χ1) is 17.3. The molecular formula is C27H33N7O2. The van der Waals surface area contributed by atoms with Gasteiger partial charge < -0.3 is 19.5 Å². The van der Waals surface area contributed by atoms with Crippen LogP contribution in [0.3, 0.4) is 0 Å². The van der Waals surface area contributed by atoms with Crippen molar-refractivity contribution in [3.05, 3.63) is 54.0 Å². The molecule has 1 aliphatic rings. The van der Waals surface area contributed by atoms with Crippen molar-refractivity contribution in [1.29, 1.82) is 0 Å². The van der Waals surface area contributed by atoms with Gasteiger partial charge in [0.05, 0.1) is 30.6 Å². The predicted octanol–water partition coefficient (Wildman–Crippen LogP) is 3.80. The van der Waals surface area contributed by atoms with Gasteiger partial charge in [0, 0.05) is 44.9 Å². The van der Waals surface area contributed by atoms with Gasteiger partial charge in [-0.25, -0.2) is 14.6 Å². The monoisotopic (exact) mass is 487 g/mol. The quantitative estimate of drug-likeness (QED) is 0.445. The van der Waals surface area contributed by atoms with Crippen molar-refractivity contribution in [1.82, 2.24) is 29.6 Å². The fourth-order valence-corrected chi connectivity index (χ4v) is 4.74. The minimum Gasteiger partial charge on any atom is -0.378 e. The van der Waals surface area contributed by atoms with E-state index >= 15 is 0 Å². The van der Waals surface area contributed by atoms with E-state index in [1.54, 1.807) is 0 Å². The van der Waals surface area contributed by atoms with Crippen LogP contribution in [0.2, 0.25) is 0 Å². The van der Waals surface area contributed by atoms with Crippen molar-refractivity contribution in [3.8, 4) is 17.1 Å². The minimum atomic E-state index is -0.222. The number of carbonyl (C=O) groups is 1. The zero-order valence-electron chi connectivity index (χ0n) is 21.5. The summed E-state index contributed by atoms with van der Waals surface area (Å²) in [5, 5.41) is 7.92. The van der Waals surface area contributed by atoms with E-state index in [4.69, 9.17) is 19.8 Å². The molecule has 1 N–H and O–H groups in total. The van der Waals surface area contributed by atoms with Gasteiger partial charge in [0.1, 0.15) is 11.3 Å². The normalized spacial score (nSPS) is 15.0. The summed E-state index contributed by atoms with van der Waals surface area (Å²) in [6, 6.07) is 12.2. The van der Waals surface area contributed by atoms with Crippen molar-refractivity contribution >= 4 is 22.8 Å². The molecule has 0 aliphatic carbocycles. The van der Waals surface area contributed by atoms with Gasteiger partial charge in [-0.2, -0.15) is 5.10 Å². The van der Waals surface area contributed by atoms with Gasteiger partial charge >= 0.3 is 0 Å². The third-order valence-corrected chi connectivity index (χ3v) is 6.62. The second-order valence-corrected chi connectivity index (χ2v) is 9.74. The number of carbonyl (C=O) groups excluding carboxylic acids is 1. The molecular weight excluding hydrogens is 454 g/mol. The third kappa shape index (κ3) is 4.58. The Bertz CT molecular complexity index is 1400. The maximum absolute atomic E-state index is 12.0. The number of morpholine rings is 1. The number of amides is 1. The van der Waals surface area contributed by atoms with Crippen LogP contribution in [0.1, 0.15) is 38.2 Å². The van der Waals surface area contributed by atoms with Crippen LogP contribution in [0, 0.1) is 12.8 Å². The number of benzene rings is 1. The highest BCUT2D eigenvalue weighted by molar-refractivity contribution is 5.88. The summed E-state index contributed by atoms with van der Waals surface area (Å²) >= 11 is 0. The van der Waals surface area contributed by atoms with Crippen LogP contribution < -0.4 is 10.2 Å². The zero-order valence-corrected chi connectivity index (χ0v) is 21.5. The molecule has 9 nitrogen and oxygen atoms in total. The smallest absolute Gasteiger partial charge is 0.217 e. The number of anilines is 1. The number of rotatable bonds is 6. The first-order valence-electron chi connectivity index (χ1n) is 12.4. The first kappa shape index (κ1) is 24.0. The van der Waals surface area contributed by atoms with Crippen molar-refractivity contribution in [3.63, 3.8) is 0 Å². The number of nitrogens with one attached hydrogen (secondary N) is 1. The molecule has 1 fully saturated rings. The van der Waals surface area contributed by atoms with E-state index in [2.05, 4.69) is 55.3 Å². The lowest BCUT2D eigenvalue weighted by molar-refractivity contribution is -0.120. The molecule has 0 unspecified atom stereocenters. The van der Waals surface area contributed by atoms with E-state index in [-0.39, 0.29) is 17.9 Å². The van der Waals surface area contributed by atoms with E-state index in [1.165, 1.54) is 12.5 Å². The van der Waals surface area contributed by atoms with Crippen LogP contribution in [0.15, 0.2) is 42.6 Å². The summed E-state index contributed by atoms with van der Waals surface area (Å²) in [5.74, 6) is 1.59. The van der Waals surface area contributed by atoms with Gasteiger partial charge in [-0.05, 0) is 25.0 Å². The van der Waals surface area contributed by atoms with Gasteiger partial charge in [-0.3, -0.25) is 4.79 Å². The summed E-state index contributed by atoms with van der Waals surface area (Å²) in [7, 11) is 1.96. The summed E-state index contributed by atoms with van der Waals surface area (Å²) in [4.78, 5) is 24.3. The van der Waals surface area contributed by atoms with Crippen molar-refractivity contribution < 1.29 is 9.53 Å². The second kappa shape index (κ2) is 9.73. The SMILES string of the molecule is CC(=O)N[C@H](c1nc2c(N3CCOCC3)cc(-n3ccc(-c4cccc(C)c4)n3)nc2n1C)C(C)C. The lowest BCUT2D eigenvalue weighted by atomic mass is 10.0. The van der Waals surface area contributed by atoms with Crippen molar-refractivity contribution in [2.45, 2.75) is 33.7 Å². The molecule has 1 saturated heterocycles. The van der Waals surface area contributed by atoms with Gasteiger partial charge in [0.15, 0.2) is 11.5 Å². The largest absolute Gasteiger partial charge is 0.378 e. The Morgan fingerprint density at radius 3 is 2.58 bits per heavy atom. The fraction of sp³-hybridized carbons (Fsp3) is 0.407. The maximum atomic E-state index is 12.0. The molecule has 36 heavy (non-hydrogen) atoms. The van der Waals surface area contributed by atoms with Crippen LogP contribution >= 0.6 is 0 Å². The number of ether oxygens (including phenoxy) is 1. The Hall–Kier alpha value is -3.72. The van der Waals surface area contributed by atoms with Gasteiger partial charge in [0.25, 0.3) is 0 Å². The van der Waals surface area contributed by atoms with E-state index in [9.17, 15) is 4.79 Å². The molecule has 1 aromatic carbocycles. The molecule has 188 valence electrons. The molecule has 1 atom stereocenters. The molecule has 4 heterocycles. The number of aromatic nitrogens is 5. The standard InChI is InChI=1S/C27H33N7O2/c1-17(2)24(28-19(4)35)26-30-25-22(33-11-13-36-14-12-33)16-23(29-27(25)32(26)5)34-10-9-21(31-34)20-8-6-7-18(3)15-20/h6-10,15-17,24H,11-14H2,1-5H3,(H,28,35)/t24-/m0/s1. The zero-order chi connectivity index (χ0) is 25.4. The van der Waals surface area contributed by atoms with Crippen molar-refractivity contribution in [2.75, 3.05) is 31.2 Å². The molecule has 3 aromatic heterocycles. The Labute approximate surface area is 211 Å². The average molecular weight is 488 g/mol. The number of fused-ring (bicyclic) bond motifs is 1. The molecule has 4 aromatic rings. The van der Waals surface area contributed by atoms with Crippen LogP contribution in [-0.4, -0.2) is 56.5 Å². The Morgan fingerprint density at radius 2 is 1.89 bits per heavy atom. The Morgan fingerprint density at radius 1 is 1.11 bits per heavy atom. The fourth-order valence-electron chi connectivity index (χ4n) is 4.74. The number of hydrogen-bond donors (Lipinski definition) is 1. The number of imidazole rings is 1.